The first kappa shape index (κ1) is 19.9. The van der Waals surface area contributed by atoms with Crippen molar-refractivity contribution in [2.45, 2.75) is 97.8 Å². The van der Waals surface area contributed by atoms with Crippen LogP contribution in [0.4, 0.5) is 0 Å². The summed E-state index contributed by atoms with van der Waals surface area (Å²) in [6, 6.07) is 0. The molecule has 0 unspecified atom stereocenters. The van der Waals surface area contributed by atoms with Gasteiger partial charge in [-0.3, -0.25) is 0 Å². The Morgan fingerprint density at radius 1 is 0.700 bits per heavy atom. The predicted octanol–water partition coefficient (Wildman–Crippen LogP) is 6.13. The summed E-state index contributed by atoms with van der Waals surface area (Å²) >= 11 is 0. The minimum atomic E-state index is 0.488. The van der Waals surface area contributed by atoms with E-state index in [2.05, 4.69) is 30.7 Å². The van der Waals surface area contributed by atoms with Gasteiger partial charge in [0.25, 0.3) is 0 Å². The van der Waals surface area contributed by atoms with Crippen LogP contribution in [-0.2, 0) is 9.93 Å². The van der Waals surface area contributed by atoms with Gasteiger partial charge in [-0.1, -0.05) is 70.8 Å². The van der Waals surface area contributed by atoms with Crippen molar-refractivity contribution in [3.05, 3.63) is 0 Å². The summed E-state index contributed by atoms with van der Waals surface area (Å²) in [6.07, 6.45) is 15.6. The van der Waals surface area contributed by atoms with Gasteiger partial charge >= 0.3 is 0 Å². The summed E-state index contributed by atoms with van der Waals surface area (Å²) in [5.74, 6) is 0. The molecule has 0 aromatic rings. The highest BCUT2D eigenvalue weighted by molar-refractivity contribution is 4.78. The monoisotopic (exact) mass is 288 g/mol. The van der Waals surface area contributed by atoms with Gasteiger partial charge < -0.3 is 0 Å². The van der Waals surface area contributed by atoms with Gasteiger partial charge in [0.2, 0.25) is 0 Å². The molecule has 0 aromatic carbocycles. The van der Waals surface area contributed by atoms with Crippen molar-refractivity contribution < 1.29 is 15.2 Å². The molecular formula is C17H36O3. The van der Waals surface area contributed by atoms with Crippen LogP contribution in [0.15, 0.2) is 0 Å². The highest BCUT2D eigenvalue weighted by Gasteiger charge is 2.26. The molecule has 0 radical (unpaired) electrons. The van der Waals surface area contributed by atoms with Gasteiger partial charge in [0.05, 0.1) is 6.61 Å². The molecule has 0 aromatic heterocycles. The fourth-order valence-corrected chi connectivity index (χ4v) is 3.57. The topological polar surface area (TPSA) is 38.7 Å². The second kappa shape index (κ2) is 13.8. The van der Waals surface area contributed by atoms with Crippen molar-refractivity contribution in [1.29, 1.82) is 0 Å². The molecule has 20 heavy (non-hydrogen) atoms. The van der Waals surface area contributed by atoms with Crippen molar-refractivity contribution in [2.24, 2.45) is 5.41 Å². The molecule has 0 saturated carbocycles. The lowest BCUT2D eigenvalue weighted by Crippen LogP contribution is -2.20. The molecule has 0 aliphatic rings. The Balaban J connectivity index is 3.82. The van der Waals surface area contributed by atoms with Gasteiger partial charge in [-0.05, 0) is 37.5 Å². The molecule has 0 spiro atoms. The quantitative estimate of drug-likeness (QED) is 0.223. The maximum Gasteiger partial charge on any atom is 0.0853 e. The summed E-state index contributed by atoms with van der Waals surface area (Å²) in [7, 11) is 0. The van der Waals surface area contributed by atoms with Crippen LogP contribution in [0.2, 0.25) is 0 Å². The van der Waals surface area contributed by atoms with E-state index in [0.717, 1.165) is 12.8 Å². The molecule has 122 valence electrons. The maximum atomic E-state index is 8.03. The van der Waals surface area contributed by atoms with Crippen LogP contribution in [0.1, 0.15) is 97.8 Å². The molecule has 1 N–H and O–H groups in total. The second-order valence-electron chi connectivity index (χ2n) is 6.16. The Kier molecular flexibility index (Phi) is 13.8. The van der Waals surface area contributed by atoms with Gasteiger partial charge in [0.15, 0.2) is 0 Å². The highest BCUT2D eigenvalue weighted by atomic mass is 17.5. The number of rotatable bonds is 15. The minimum Gasteiger partial charge on any atom is -0.221 e. The van der Waals surface area contributed by atoms with E-state index in [1.165, 1.54) is 64.2 Å². The van der Waals surface area contributed by atoms with E-state index < -0.39 is 0 Å². The van der Waals surface area contributed by atoms with Crippen molar-refractivity contribution in [2.75, 3.05) is 6.61 Å². The summed E-state index contributed by atoms with van der Waals surface area (Å²) < 4.78 is 0. The molecule has 0 fully saturated rings. The van der Waals surface area contributed by atoms with Crippen molar-refractivity contribution in [3.8, 4) is 0 Å². The van der Waals surface area contributed by atoms with E-state index in [-0.39, 0.29) is 0 Å². The van der Waals surface area contributed by atoms with Gasteiger partial charge in [-0.25, -0.2) is 10.1 Å². The van der Waals surface area contributed by atoms with Crippen molar-refractivity contribution >= 4 is 0 Å². The van der Waals surface area contributed by atoms with E-state index in [1.807, 2.05) is 0 Å². The molecular weight excluding hydrogens is 252 g/mol. The van der Waals surface area contributed by atoms with E-state index in [9.17, 15) is 0 Å². The number of hydrogen-bond donors (Lipinski definition) is 1. The molecule has 3 heteroatoms. The Morgan fingerprint density at radius 3 is 1.70 bits per heavy atom. The first-order valence-corrected chi connectivity index (χ1v) is 8.67. The Morgan fingerprint density at radius 2 is 1.20 bits per heavy atom. The first-order chi connectivity index (χ1) is 9.74. The van der Waals surface area contributed by atoms with Gasteiger partial charge in [-0.2, -0.15) is 0 Å². The summed E-state index contributed by atoms with van der Waals surface area (Å²) in [5, 5.41) is 11.6. The van der Waals surface area contributed by atoms with Crippen LogP contribution in [-0.4, -0.2) is 11.9 Å². The third-order valence-electron chi connectivity index (χ3n) is 4.33. The van der Waals surface area contributed by atoms with Crippen molar-refractivity contribution in [1.82, 2.24) is 0 Å². The first-order valence-electron chi connectivity index (χ1n) is 8.67. The molecule has 0 atom stereocenters. The number of unbranched alkanes of at least 4 members (excludes halogenated alkanes) is 4. The summed E-state index contributed by atoms with van der Waals surface area (Å²) in [6.45, 7) is 7.46. The van der Waals surface area contributed by atoms with Crippen LogP contribution in [0.25, 0.3) is 0 Å². The summed E-state index contributed by atoms with van der Waals surface area (Å²) in [4.78, 5) is 4.45. The minimum absolute atomic E-state index is 0.488. The molecule has 0 rings (SSSR count). The average molecular weight is 288 g/mol. The lowest BCUT2D eigenvalue weighted by Gasteiger charge is -2.34. The maximum absolute atomic E-state index is 8.03. The van der Waals surface area contributed by atoms with E-state index in [1.54, 1.807) is 0 Å². The largest absolute Gasteiger partial charge is 0.221 e. The zero-order chi connectivity index (χ0) is 15.1. The van der Waals surface area contributed by atoms with E-state index >= 15 is 0 Å². The average Bonchev–Trinajstić information content (AvgIpc) is 2.43. The smallest absolute Gasteiger partial charge is 0.0853 e. The third kappa shape index (κ3) is 9.73. The standard InChI is InChI=1S/C17H36O3/c1-4-12-17(13-5-2,14-6-3)15-10-8-7-9-11-16-19-20-18/h18H,4-16H2,1-3H3. The van der Waals surface area contributed by atoms with Crippen LogP contribution in [0, 0.1) is 5.41 Å². The Bertz CT molecular complexity index is 178. The normalized spacial score (nSPS) is 12.0. The third-order valence-corrected chi connectivity index (χ3v) is 4.33. The van der Waals surface area contributed by atoms with Crippen LogP contribution in [0.3, 0.4) is 0 Å². The number of hydrogen-bond acceptors (Lipinski definition) is 3. The predicted molar refractivity (Wildman–Crippen MR) is 84.5 cm³/mol. The van der Waals surface area contributed by atoms with Crippen LogP contribution < -0.4 is 0 Å². The zero-order valence-electron chi connectivity index (χ0n) is 14.0. The van der Waals surface area contributed by atoms with Crippen molar-refractivity contribution in [3.63, 3.8) is 0 Å². The lowest BCUT2D eigenvalue weighted by molar-refractivity contribution is -0.490. The van der Waals surface area contributed by atoms with Crippen LogP contribution >= 0.6 is 0 Å². The molecule has 3 nitrogen and oxygen atoms in total. The Labute approximate surface area is 125 Å². The van der Waals surface area contributed by atoms with Gasteiger partial charge in [0, 0.05) is 0 Å². The molecule has 0 amide bonds. The van der Waals surface area contributed by atoms with E-state index in [0.29, 0.717) is 12.0 Å². The van der Waals surface area contributed by atoms with E-state index in [4.69, 9.17) is 5.26 Å². The lowest BCUT2D eigenvalue weighted by atomic mass is 9.72. The molecule has 0 bridgehead atoms. The van der Waals surface area contributed by atoms with Gasteiger partial charge in [0.1, 0.15) is 0 Å². The van der Waals surface area contributed by atoms with Gasteiger partial charge in [-0.15, -0.1) is 0 Å². The Hall–Kier alpha value is -0.120. The fourth-order valence-electron chi connectivity index (χ4n) is 3.57. The van der Waals surface area contributed by atoms with Crippen LogP contribution in [0.5, 0.6) is 0 Å². The molecule has 0 aliphatic heterocycles. The molecule has 0 saturated heterocycles. The summed E-state index contributed by atoms with van der Waals surface area (Å²) in [5.41, 5.74) is 0.617. The molecule has 0 heterocycles. The molecule has 0 aliphatic carbocycles. The highest BCUT2D eigenvalue weighted by Crippen LogP contribution is 2.40. The zero-order valence-corrected chi connectivity index (χ0v) is 14.0. The second-order valence-corrected chi connectivity index (χ2v) is 6.16. The SMILES string of the molecule is CCCC(CCC)(CCC)CCCCCCCOOO. The fraction of sp³-hybridized carbons (Fsp3) is 1.00.